The molecule has 0 saturated heterocycles. The van der Waals surface area contributed by atoms with Crippen molar-refractivity contribution < 1.29 is 5.11 Å². The second-order valence-corrected chi connectivity index (χ2v) is 5.06. The average molecular weight is 231 g/mol. The maximum absolute atomic E-state index is 9.38. The number of nitrogens with zero attached hydrogens (tertiary/aromatic N) is 1. The Morgan fingerprint density at radius 3 is 2.76 bits per heavy atom. The van der Waals surface area contributed by atoms with Crippen molar-refractivity contribution in [3.63, 3.8) is 0 Å². The zero-order valence-electron chi connectivity index (χ0n) is 10.7. The fourth-order valence-corrected chi connectivity index (χ4v) is 2.32. The highest BCUT2D eigenvalue weighted by atomic mass is 16.3. The van der Waals surface area contributed by atoms with Gasteiger partial charge in [0.2, 0.25) is 0 Å². The first-order valence-electron chi connectivity index (χ1n) is 6.40. The smallest absolute Gasteiger partial charge is 0.0702 e. The summed E-state index contributed by atoms with van der Waals surface area (Å²) in [7, 11) is 0. The van der Waals surface area contributed by atoms with E-state index in [2.05, 4.69) is 36.7 Å². The summed E-state index contributed by atoms with van der Waals surface area (Å²) in [6, 6.07) is 8.24. The summed E-state index contributed by atoms with van der Waals surface area (Å²) in [5.74, 6) is 0.758. The molecule has 1 heterocycles. The van der Waals surface area contributed by atoms with Gasteiger partial charge in [-0.25, -0.2) is 0 Å². The zero-order valence-corrected chi connectivity index (χ0v) is 10.7. The van der Waals surface area contributed by atoms with Gasteiger partial charge >= 0.3 is 0 Å². The van der Waals surface area contributed by atoms with Crippen LogP contribution in [0.4, 0.5) is 0 Å². The third kappa shape index (κ3) is 2.70. The van der Waals surface area contributed by atoms with Crippen molar-refractivity contribution in [1.29, 1.82) is 0 Å². The van der Waals surface area contributed by atoms with E-state index in [1.165, 1.54) is 23.7 Å². The van der Waals surface area contributed by atoms with E-state index in [1.54, 1.807) is 0 Å². The third-order valence-electron chi connectivity index (χ3n) is 3.22. The Kier molecular flexibility index (Phi) is 3.85. The number of para-hydroxylation sites is 1. The Hall–Kier alpha value is -1.28. The summed E-state index contributed by atoms with van der Waals surface area (Å²) in [5.41, 5.74) is 2.22. The Labute approximate surface area is 103 Å². The van der Waals surface area contributed by atoms with Gasteiger partial charge < -0.3 is 9.67 Å². The van der Waals surface area contributed by atoms with Gasteiger partial charge in [-0.05, 0) is 30.2 Å². The molecule has 2 heteroatoms. The number of aromatic nitrogens is 1. The molecule has 1 N–H and O–H groups in total. The van der Waals surface area contributed by atoms with E-state index in [0.29, 0.717) is 0 Å². The van der Waals surface area contributed by atoms with E-state index in [9.17, 15) is 5.11 Å². The van der Waals surface area contributed by atoms with E-state index in [1.807, 2.05) is 12.1 Å². The molecule has 0 fully saturated rings. The van der Waals surface area contributed by atoms with Crippen molar-refractivity contribution in [2.75, 3.05) is 0 Å². The standard InChI is InChI=1S/C15H21NO/c1-12(2)5-4-9-16-10-8-13-6-3-7-14(11-17)15(13)16/h3,6-8,10,12,17H,4-5,9,11H2,1-2H3. The van der Waals surface area contributed by atoms with E-state index in [-0.39, 0.29) is 6.61 Å². The van der Waals surface area contributed by atoms with Crippen LogP contribution in [0.5, 0.6) is 0 Å². The molecule has 0 aliphatic carbocycles. The van der Waals surface area contributed by atoms with Crippen LogP contribution in [-0.4, -0.2) is 9.67 Å². The summed E-state index contributed by atoms with van der Waals surface area (Å²) >= 11 is 0. The SMILES string of the molecule is CC(C)CCCn1ccc2cccc(CO)c21. The highest BCUT2D eigenvalue weighted by Gasteiger charge is 2.05. The normalized spacial score (nSPS) is 11.5. The zero-order chi connectivity index (χ0) is 12.3. The Balaban J connectivity index is 2.22. The van der Waals surface area contributed by atoms with Crippen LogP contribution in [0.1, 0.15) is 32.3 Å². The Bertz CT molecular complexity index is 485. The van der Waals surface area contributed by atoms with Crippen LogP contribution in [0.2, 0.25) is 0 Å². The summed E-state index contributed by atoms with van der Waals surface area (Å²) in [6.45, 7) is 5.67. The molecule has 1 aromatic carbocycles. The number of benzene rings is 1. The summed E-state index contributed by atoms with van der Waals surface area (Å²) in [4.78, 5) is 0. The number of hydrogen-bond acceptors (Lipinski definition) is 1. The van der Waals surface area contributed by atoms with Crippen LogP contribution in [0.25, 0.3) is 10.9 Å². The Morgan fingerprint density at radius 1 is 1.24 bits per heavy atom. The third-order valence-corrected chi connectivity index (χ3v) is 3.22. The molecule has 2 rings (SSSR count). The minimum absolute atomic E-state index is 0.117. The van der Waals surface area contributed by atoms with Gasteiger partial charge in [-0.2, -0.15) is 0 Å². The van der Waals surface area contributed by atoms with E-state index in [0.717, 1.165) is 18.0 Å². The van der Waals surface area contributed by atoms with Crippen molar-refractivity contribution in [3.8, 4) is 0 Å². The maximum Gasteiger partial charge on any atom is 0.0702 e. The lowest BCUT2D eigenvalue weighted by Gasteiger charge is -2.09. The highest BCUT2D eigenvalue weighted by molar-refractivity contribution is 5.83. The lowest BCUT2D eigenvalue weighted by atomic mass is 10.1. The van der Waals surface area contributed by atoms with Crippen LogP contribution in [-0.2, 0) is 13.2 Å². The van der Waals surface area contributed by atoms with Crippen LogP contribution < -0.4 is 0 Å². The first kappa shape index (κ1) is 12.2. The molecule has 0 unspecified atom stereocenters. The van der Waals surface area contributed by atoms with Crippen molar-refractivity contribution in [2.24, 2.45) is 5.92 Å². The summed E-state index contributed by atoms with van der Waals surface area (Å²) < 4.78 is 2.27. The molecule has 0 aliphatic rings. The summed E-state index contributed by atoms with van der Waals surface area (Å²) in [6.07, 6.45) is 4.58. The first-order valence-corrected chi connectivity index (χ1v) is 6.40. The quantitative estimate of drug-likeness (QED) is 0.836. The molecule has 17 heavy (non-hydrogen) atoms. The van der Waals surface area contributed by atoms with Crippen molar-refractivity contribution in [1.82, 2.24) is 4.57 Å². The monoisotopic (exact) mass is 231 g/mol. The van der Waals surface area contributed by atoms with Gasteiger partial charge in [-0.3, -0.25) is 0 Å². The van der Waals surface area contributed by atoms with Crippen molar-refractivity contribution in [3.05, 3.63) is 36.0 Å². The van der Waals surface area contributed by atoms with Crippen LogP contribution in [0.3, 0.4) is 0 Å². The molecule has 2 aromatic rings. The number of aliphatic hydroxyl groups excluding tert-OH is 1. The maximum atomic E-state index is 9.38. The number of hydrogen-bond donors (Lipinski definition) is 1. The van der Waals surface area contributed by atoms with Gasteiger partial charge in [0.25, 0.3) is 0 Å². The number of aryl methyl sites for hydroxylation is 1. The van der Waals surface area contributed by atoms with Gasteiger partial charge in [0.1, 0.15) is 0 Å². The second kappa shape index (κ2) is 5.37. The van der Waals surface area contributed by atoms with E-state index >= 15 is 0 Å². The molecule has 0 spiro atoms. The summed E-state index contributed by atoms with van der Waals surface area (Å²) in [5, 5.41) is 10.6. The molecule has 0 radical (unpaired) electrons. The highest BCUT2D eigenvalue weighted by Crippen LogP contribution is 2.21. The van der Waals surface area contributed by atoms with Gasteiger partial charge in [0.05, 0.1) is 12.1 Å². The van der Waals surface area contributed by atoms with Crippen LogP contribution in [0.15, 0.2) is 30.5 Å². The molecule has 0 amide bonds. The predicted molar refractivity (Wildman–Crippen MR) is 71.9 cm³/mol. The van der Waals surface area contributed by atoms with Gasteiger partial charge in [0, 0.05) is 18.3 Å². The molecule has 2 nitrogen and oxygen atoms in total. The van der Waals surface area contributed by atoms with Crippen LogP contribution >= 0.6 is 0 Å². The van der Waals surface area contributed by atoms with Crippen molar-refractivity contribution in [2.45, 2.75) is 39.8 Å². The second-order valence-electron chi connectivity index (χ2n) is 5.06. The molecule has 0 saturated carbocycles. The fraction of sp³-hybridized carbons (Fsp3) is 0.467. The van der Waals surface area contributed by atoms with E-state index in [4.69, 9.17) is 0 Å². The number of rotatable bonds is 5. The lowest BCUT2D eigenvalue weighted by molar-refractivity contribution is 0.283. The predicted octanol–water partition coefficient (Wildman–Crippen LogP) is 3.57. The molecule has 0 atom stereocenters. The van der Waals surface area contributed by atoms with E-state index < -0.39 is 0 Å². The van der Waals surface area contributed by atoms with Gasteiger partial charge in [0.15, 0.2) is 0 Å². The minimum Gasteiger partial charge on any atom is -0.392 e. The Morgan fingerprint density at radius 2 is 2.06 bits per heavy atom. The van der Waals surface area contributed by atoms with Gasteiger partial charge in [-0.1, -0.05) is 32.0 Å². The largest absolute Gasteiger partial charge is 0.392 e. The number of fused-ring (bicyclic) bond motifs is 1. The first-order chi connectivity index (χ1) is 8.22. The van der Waals surface area contributed by atoms with Gasteiger partial charge in [-0.15, -0.1) is 0 Å². The topological polar surface area (TPSA) is 25.2 Å². The molecule has 0 bridgehead atoms. The fourth-order valence-electron chi connectivity index (χ4n) is 2.32. The molecule has 92 valence electrons. The molecule has 1 aromatic heterocycles. The van der Waals surface area contributed by atoms with Crippen molar-refractivity contribution >= 4 is 10.9 Å². The lowest BCUT2D eigenvalue weighted by Crippen LogP contribution is -2.00. The molecule has 0 aliphatic heterocycles. The molecular formula is C15H21NO. The van der Waals surface area contributed by atoms with Crippen LogP contribution in [0, 0.1) is 5.92 Å². The molecular weight excluding hydrogens is 210 g/mol. The average Bonchev–Trinajstić information content (AvgIpc) is 2.72. The number of aliphatic hydroxyl groups is 1. The minimum atomic E-state index is 0.117.